The first kappa shape index (κ1) is 21.6. The van der Waals surface area contributed by atoms with Gasteiger partial charge in [0.15, 0.2) is 6.61 Å². The van der Waals surface area contributed by atoms with Crippen LogP contribution >= 0.6 is 0 Å². The second-order valence-electron chi connectivity index (χ2n) is 6.97. The highest BCUT2D eigenvalue weighted by Gasteiger charge is 2.33. The smallest absolute Gasteiger partial charge is 0.422 e. The third kappa shape index (κ3) is 5.28. The average molecular weight is 427 g/mol. The summed E-state index contributed by atoms with van der Waals surface area (Å²) in [6.07, 6.45) is -4.20. The number of likely N-dealkylation sites (tertiary alicyclic amines) is 1. The molecule has 1 aromatic carbocycles. The molecule has 2 aliphatic rings. The quantitative estimate of drug-likeness (QED) is 0.656. The van der Waals surface area contributed by atoms with E-state index in [1.165, 1.54) is 34.1 Å². The first-order valence-corrected chi connectivity index (χ1v) is 9.34. The maximum absolute atomic E-state index is 12.6. The lowest BCUT2D eigenvalue weighted by Crippen LogP contribution is -2.53. The van der Waals surface area contributed by atoms with Crippen LogP contribution in [-0.2, 0) is 14.4 Å². The highest BCUT2D eigenvalue weighted by atomic mass is 19.4. The van der Waals surface area contributed by atoms with Gasteiger partial charge in [-0.15, -0.1) is 0 Å². The number of hydrogen-bond donors (Lipinski definition) is 0. The highest BCUT2D eigenvalue weighted by Crippen LogP contribution is 2.20. The van der Waals surface area contributed by atoms with Gasteiger partial charge in [0, 0.05) is 44.6 Å². The Kier molecular flexibility index (Phi) is 6.28. The van der Waals surface area contributed by atoms with Gasteiger partial charge in [0.2, 0.25) is 17.7 Å². The maximum Gasteiger partial charge on any atom is 0.422 e. The van der Waals surface area contributed by atoms with Crippen molar-refractivity contribution in [3.63, 3.8) is 0 Å². The van der Waals surface area contributed by atoms with Crippen LogP contribution < -0.4 is 4.74 Å². The zero-order chi connectivity index (χ0) is 21.9. The fourth-order valence-corrected chi connectivity index (χ4v) is 3.23. The third-order valence-corrected chi connectivity index (χ3v) is 4.87. The molecule has 0 unspecified atom stereocenters. The van der Waals surface area contributed by atoms with Crippen LogP contribution in [0.25, 0.3) is 0 Å². The fraction of sp³-hybridized carbons (Fsp3) is 0.474. The summed E-state index contributed by atoms with van der Waals surface area (Å²) in [5.41, 5.74) is 0.294. The molecular weight excluding hydrogens is 407 g/mol. The number of amides is 4. The monoisotopic (exact) mass is 427 g/mol. The summed E-state index contributed by atoms with van der Waals surface area (Å²) in [6.45, 7) is -0.658. The van der Waals surface area contributed by atoms with E-state index in [0.29, 0.717) is 5.56 Å². The van der Waals surface area contributed by atoms with Gasteiger partial charge in [-0.25, -0.2) is 0 Å². The van der Waals surface area contributed by atoms with Crippen LogP contribution in [0.3, 0.4) is 0 Å². The molecule has 0 N–H and O–H groups in total. The molecule has 0 atom stereocenters. The van der Waals surface area contributed by atoms with Gasteiger partial charge in [-0.1, -0.05) is 0 Å². The number of nitrogens with zero attached hydrogens (tertiary/aromatic N) is 3. The molecule has 162 valence electrons. The Morgan fingerprint density at radius 2 is 1.43 bits per heavy atom. The van der Waals surface area contributed by atoms with Crippen molar-refractivity contribution in [1.29, 1.82) is 0 Å². The number of halogens is 3. The summed E-state index contributed by atoms with van der Waals surface area (Å²) >= 11 is 0. The Morgan fingerprint density at radius 1 is 0.900 bits per heavy atom. The van der Waals surface area contributed by atoms with E-state index < -0.39 is 12.8 Å². The van der Waals surface area contributed by atoms with Crippen molar-refractivity contribution in [1.82, 2.24) is 14.7 Å². The van der Waals surface area contributed by atoms with Crippen LogP contribution in [-0.4, -0.2) is 83.8 Å². The molecule has 3 rings (SSSR count). The minimum absolute atomic E-state index is 0.00491. The highest BCUT2D eigenvalue weighted by molar-refractivity contribution is 6.04. The van der Waals surface area contributed by atoms with E-state index in [4.69, 9.17) is 0 Å². The lowest BCUT2D eigenvalue weighted by molar-refractivity contribution is -0.153. The van der Waals surface area contributed by atoms with E-state index in [0.717, 1.165) is 4.90 Å². The third-order valence-electron chi connectivity index (χ3n) is 4.87. The molecule has 0 aliphatic carbocycles. The first-order chi connectivity index (χ1) is 14.1. The van der Waals surface area contributed by atoms with Gasteiger partial charge in [-0.3, -0.25) is 24.1 Å². The number of benzene rings is 1. The Bertz CT molecular complexity index is 817. The Hall–Kier alpha value is -3.11. The van der Waals surface area contributed by atoms with Crippen LogP contribution in [0.4, 0.5) is 13.2 Å². The summed E-state index contributed by atoms with van der Waals surface area (Å²) < 4.78 is 41.2. The van der Waals surface area contributed by atoms with Gasteiger partial charge >= 0.3 is 6.18 Å². The molecule has 0 aromatic heterocycles. The molecular formula is C19H20F3N3O5. The summed E-state index contributed by atoms with van der Waals surface area (Å²) in [5, 5.41) is 0. The molecule has 2 saturated heterocycles. The molecule has 2 heterocycles. The molecule has 0 bridgehead atoms. The van der Waals surface area contributed by atoms with Gasteiger partial charge < -0.3 is 14.5 Å². The normalized spacial score (nSPS) is 17.5. The molecule has 8 nitrogen and oxygen atoms in total. The molecule has 0 radical (unpaired) electrons. The van der Waals surface area contributed by atoms with E-state index in [1.54, 1.807) is 0 Å². The van der Waals surface area contributed by atoms with Gasteiger partial charge in [-0.2, -0.15) is 13.2 Å². The minimum atomic E-state index is -4.44. The molecule has 0 saturated carbocycles. The lowest BCUT2D eigenvalue weighted by Gasteiger charge is -2.35. The van der Waals surface area contributed by atoms with Crippen molar-refractivity contribution in [2.24, 2.45) is 0 Å². The van der Waals surface area contributed by atoms with Crippen LogP contribution in [0.2, 0.25) is 0 Å². The predicted molar refractivity (Wildman–Crippen MR) is 96.4 cm³/mol. The van der Waals surface area contributed by atoms with E-state index >= 15 is 0 Å². The molecule has 4 amide bonds. The fourth-order valence-electron chi connectivity index (χ4n) is 3.23. The first-order valence-electron chi connectivity index (χ1n) is 9.34. The Labute approximate surface area is 170 Å². The Morgan fingerprint density at radius 3 is 1.97 bits per heavy atom. The van der Waals surface area contributed by atoms with Crippen molar-refractivity contribution in [2.75, 3.05) is 39.3 Å². The second kappa shape index (κ2) is 8.72. The molecule has 0 spiro atoms. The molecule has 1 aromatic rings. The average Bonchev–Trinajstić information content (AvgIpc) is 3.03. The van der Waals surface area contributed by atoms with Crippen molar-refractivity contribution in [3.8, 4) is 5.75 Å². The summed E-state index contributed by atoms with van der Waals surface area (Å²) in [4.78, 5) is 52.2. The molecule has 2 fully saturated rings. The van der Waals surface area contributed by atoms with Crippen LogP contribution in [0, 0.1) is 0 Å². The van der Waals surface area contributed by atoms with Gasteiger partial charge in [-0.05, 0) is 24.3 Å². The zero-order valence-electron chi connectivity index (χ0n) is 16.0. The van der Waals surface area contributed by atoms with Gasteiger partial charge in [0.1, 0.15) is 12.3 Å². The van der Waals surface area contributed by atoms with Crippen LogP contribution in [0.15, 0.2) is 24.3 Å². The largest absolute Gasteiger partial charge is 0.484 e. The Balaban J connectivity index is 1.49. The SMILES string of the molecule is O=C(CN1C(=O)CCC1=O)N1CCN(C(=O)c2ccc(OCC(F)(F)F)cc2)CC1. The number of hydrogen-bond acceptors (Lipinski definition) is 5. The summed E-state index contributed by atoms with van der Waals surface area (Å²) in [6, 6.07) is 5.36. The predicted octanol–water partition coefficient (Wildman–Crippen LogP) is 1.06. The zero-order valence-corrected chi connectivity index (χ0v) is 16.0. The second-order valence-corrected chi connectivity index (χ2v) is 6.97. The van der Waals surface area contributed by atoms with E-state index in [1.807, 2.05) is 0 Å². The number of imide groups is 1. The lowest BCUT2D eigenvalue weighted by atomic mass is 10.1. The summed E-state index contributed by atoms with van der Waals surface area (Å²) in [5.74, 6) is -1.37. The number of ether oxygens (including phenoxy) is 1. The van der Waals surface area contributed by atoms with E-state index in [9.17, 15) is 32.3 Å². The number of piperazine rings is 1. The molecule has 11 heteroatoms. The minimum Gasteiger partial charge on any atom is -0.484 e. The van der Waals surface area contributed by atoms with Crippen LogP contribution in [0.1, 0.15) is 23.2 Å². The number of rotatable bonds is 5. The topological polar surface area (TPSA) is 87.2 Å². The number of alkyl halides is 3. The standard InChI is InChI=1S/C19H20F3N3O5/c20-19(21,22)12-30-14-3-1-13(2-4-14)18(29)24-9-7-23(8-10-24)17(28)11-25-15(26)5-6-16(25)27/h1-4H,5-12H2. The van der Waals surface area contributed by atoms with Crippen molar-refractivity contribution in [2.45, 2.75) is 19.0 Å². The van der Waals surface area contributed by atoms with E-state index in [2.05, 4.69) is 4.74 Å². The number of carbonyl (C=O) groups is 4. The van der Waals surface area contributed by atoms with Crippen molar-refractivity contribution < 1.29 is 37.1 Å². The van der Waals surface area contributed by atoms with Gasteiger partial charge in [0.25, 0.3) is 5.91 Å². The van der Waals surface area contributed by atoms with Crippen molar-refractivity contribution in [3.05, 3.63) is 29.8 Å². The van der Waals surface area contributed by atoms with Gasteiger partial charge in [0.05, 0.1) is 0 Å². The van der Waals surface area contributed by atoms with Crippen molar-refractivity contribution >= 4 is 23.6 Å². The number of carbonyl (C=O) groups excluding carboxylic acids is 4. The van der Waals surface area contributed by atoms with Crippen LogP contribution in [0.5, 0.6) is 5.75 Å². The maximum atomic E-state index is 12.6. The summed E-state index contributed by atoms with van der Waals surface area (Å²) in [7, 11) is 0. The van der Waals surface area contributed by atoms with E-state index in [-0.39, 0.29) is 74.9 Å². The molecule has 2 aliphatic heterocycles. The molecule has 30 heavy (non-hydrogen) atoms.